The number of anilines is 1. The Morgan fingerprint density at radius 2 is 2.07 bits per heavy atom. The van der Waals surface area contributed by atoms with Gasteiger partial charge in [0.1, 0.15) is 11.5 Å². The number of nitrogens with zero attached hydrogens (tertiary/aromatic N) is 2. The molecule has 2 heterocycles. The van der Waals surface area contributed by atoms with E-state index >= 15 is 0 Å². The van der Waals surface area contributed by atoms with Gasteiger partial charge in [-0.25, -0.2) is 14.8 Å². The third-order valence-corrected chi connectivity index (χ3v) is 5.10. The molecule has 1 unspecified atom stereocenters. The second kappa shape index (κ2) is 6.64. The van der Waals surface area contributed by atoms with Crippen LogP contribution in [0.15, 0.2) is 30.3 Å². The van der Waals surface area contributed by atoms with Gasteiger partial charge in [-0.3, -0.25) is 4.79 Å². The second-order valence-electron chi connectivity index (χ2n) is 7.52. The highest BCUT2D eigenvalue weighted by molar-refractivity contribution is 6.03. The lowest BCUT2D eigenvalue weighted by molar-refractivity contribution is 0.102. The summed E-state index contributed by atoms with van der Waals surface area (Å²) in [6.07, 6.45) is 2.95. The molecule has 1 saturated carbocycles. The highest BCUT2D eigenvalue weighted by Gasteiger charge is 2.32. The number of urea groups is 1. The molecule has 140 valence electrons. The molecule has 1 aromatic carbocycles. The molecule has 27 heavy (non-hydrogen) atoms. The number of nitrogens with one attached hydrogen (secondary N) is 3. The van der Waals surface area contributed by atoms with Crippen LogP contribution in [0.25, 0.3) is 0 Å². The van der Waals surface area contributed by atoms with Gasteiger partial charge in [0, 0.05) is 23.8 Å². The second-order valence-corrected chi connectivity index (χ2v) is 7.52. The summed E-state index contributed by atoms with van der Waals surface area (Å²) in [6, 6.07) is 9.11. The molecule has 1 aliphatic heterocycles. The summed E-state index contributed by atoms with van der Waals surface area (Å²) in [5.74, 6) is 0.904. The quantitative estimate of drug-likeness (QED) is 0.776. The summed E-state index contributed by atoms with van der Waals surface area (Å²) in [4.78, 5) is 33.3. The Bertz CT molecular complexity index is 909. The van der Waals surface area contributed by atoms with Crippen molar-refractivity contribution in [1.82, 2.24) is 20.6 Å². The van der Waals surface area contributed by atoms with Gasteiger partial charge in [-0.05, 0) is 56.9 Å². The molecule has 1 saturated heterocycles. The molecule has 0 spiro atoms. The van der Waals surface area contributed by atoms with E-state index in [0.717, 1.165) is 36.3 Å². The number of hydrogen-bond donors (Lipinski definition) is 3. The molecular weight excluding hydrogens is 342 g/mol. The summed E-state index contributed by atoms with van der Waals surface area (Å²) in [5.41, 5.74) is 2.35. The van der Waals surface area contributed by atoms with Crippen LogP contribution < -0.4 is 16.0 Å². The molecule has 1 aliphatic carbocycles. The summed E-state index contributed by atoms with van der Waals surface area (Å²) in [7, 11) is 0. The minimum atomic E-state index is -0.465. The number of rotatable bonds is 4. The minimum Gasteiger partial charge on any atom is -0.338 e. The molecule has 2 aromatic rings. The molecule has 4 rings (SSSR count). The van der Waals surface area contributed by atoms with E-state index in [9.17, 15) is 9.59 Å². The molecular formula is C20H23N5O2. The average Bonchev–Trinajstić information content (AvgIpc) is 3.46. The normalized spacial score (nSPS) is 21.9. The van der Waals surface area contributed by atoms with Crippen LogP contribution in [0.4, 0.5) is 10.5 Å². The standard InChI is InChI=1S/C20H23N5O2/c1-12-10-16(24-17(22-12)13-6-7-13)18(26)23-15-5-3-4-14(11-15)20(2)8-9-21-19(27)25-20/h3-5,10-11,13H,6-9H2,1-2H3,(H,23,26)(H2,21,25,27). The van der Waals surface area contributed by atoms with E-state index in [2.05, 4.69) is 25.9 Å². The summed E-state index contributed by atoms with van der Waals surface area (Å²) >= 11 is 0. The van der Waals surface area contributed by atoms with Crippen LogP contribution in [0.3, 0.4) is 0 Å². The third kappa shape index (κ3) is 3.77. The van der Waals surface area contributed by atoms with Crippen molar-refractivity contribution >= 4 is 17.6 Å². The predicted molar refractivity (Wildman–Crippen MR) is 102 cm³/mol. The summed E-state index contributed by atoms with van der Waals surface area (Å²) in [6.45, 7) is 4.48. The van der Waals surface area contributed by atoms with Gasteiger partial charge < -0.3 is 16.0 Å². The van der Waals surface area contributed by atoms with E-state index in [0.29, 0.717) is 23.8 Å². The molecule has 1 aromatic heterocycles. The monoisotopic (exact) mass is 365 g/mol. The van der Waals surface area contributed by atoms with Crippen LogP contribution in [0.1, 0.15) is 59.7 Å². The topological polar surface area (TPSA) is 96.0 Å². The van der Waals surface area contributed by atoms with E-state index in [4.69, 9.17) is 0 Å². The van der Waals surface area contributed by atoms with Crippen molar-refractivity contribution in [3.63, 3.8) is 0 Å². The van der Waals surface area contributed by atoms with Crippen LogP contribution in [0.2, 0.25) is 0 Å². The maximum absolute atomic E-state index is 12.7. The van der Waals surface area contributed by atoms with Crippen molar-refractivity contribution < 1.29 is 9.59 Å². The molecule has 3 amide bonds. The third-order valence-electron chi connectivity index (χ3n) is 5.10. The Morgan fingerprint density at radius 1 is 1.26 bits per heavy atom. The van der Waals surface area contributed by atoms with E-state index < -0.39 is 5.54 Å². The van der Waals surface area contributed by atoms with Gasteiger partial charge in [-0.15, -0.1) is 0 Å². The highest BCUT2D eigenvalue weighted by Crippen LogP contribution is 2.38. The molecule has 7 heteroatoms. The Balaban J connectivity index is 1.55. The van der Waals surface area contributed by atoms with E-state index in [1.165, 1.54) is 0 Å². The molecule has 3 N–H and O–H groups in total. The Labute approximate surface area is 158 Å². The fourth-order valence-corrected chi connectivity index (χ4v) is 3.37. The van der Waals surface area contributed by atoms with Gasteiger partial charge >= 0.3 is 6.03 Å². The fraction of sp³-hybridized carbons (Fsp3) is 0.400. The average molecular weight is 365 g/mol. The molecule has 2 fully saturated rings. The van der Waals surface area contributed by atoms with Gasteiger partial charge in [0.15, 0.2) is 0 Å². The summed E-state index contributed by atoms with van der Waals surface area (Å²) in [5, 5.41) is 8.66. The number of aryl methyl sites for hydroxylation is 1. The van der Waals surface area contributed by atoms with Gasteiger partial charge in [0.25, 0.3) is 5.91 Å². The number of hydrogen-bond acceptors (Lipinski definition) is 4. The first kappa shape index (κ1) is 17.5. The zero-order valence-electron chi connectivity index (χ0n) is 15.5. The zero-order valence-corrected chi connectivity index (χ0v) is 15.5. The Morgan fingerprint density at radius 3 is 2.81 bits per heavy atom. The first-order valence-electron chi connectivity index (χ1n) is 9.26. The molecule has 0 bridgehead atoms. The number of carbonyl (C=O) groups excluding carboxylic acids is 2. The maximum atomic E-state index is 12.7. The number of aromatic nitrogens is 2. The SMILES string of the molecule is Cc1cc(C(=O)Nc2cccc(C3(C)CCNC(=O)N3)c2)nc(C2CC2)n1. The molecule has 0 radical (unpaired) electrons. The lowest BCUT2D eigenvalue weighted by Gasteiger charge is -2.35. The van der Waals surface area contributed by atoms with Crippen molar-refractivity contribution in [2.75, 3.05) is 11.9 Å². The van der Waals surface area contributed by atoms with Gasteiger partial charge in [0.2, 0.25) is 0 Å². The lowest BCUT2D eigenvalue weighted by Crippen LogP contribution is -2.54. The van der Waals surface area contributed by atoms with Gasteiger partial charge in [-0.2, -0.15) is 0 Å². The van der Waals surface area contributed by atoms with Crippen LogP contribution in [-0.4, -0.2) is 28.5 Å². The van der Waals surface area contributed by atoms with Gasteiger partial charge in [-0.1, -0.05) is 12.1 Å². The fourth-order valence-electron chi connectivity index (χ4n) is 3.37. The van der Waals surface area contributed by atoms with Crippen LogP contribution in [0.5, 0.6) is 0 Å². The smallest absolute Gasteiger partial charge is 0.315 e. The first-order valence-corrected chi connectivity index (χ1v) is 9.26. The molecule has 1 atom stereocenters. The van der Waals surface area contributed by atoms with Crippen molar-refractivity contribution in [2.24, 2.45) is 0 Å². The molecule has 2 aliphatic rings. The van der Waals surface area contributed by atoms with Gasteiger partial charge in [0.05, 0.1) is 5.54 Å². The van der Waals surface area contributed by atoms with Crippen molar-refractivity contribution in [1.29, 1.82) is 0 Å². The lowest BCUT2D eigenvalue weighted by atomic mass is 9.87. The highest BCUT2D eigenvalue weighted by atomic mass is 16.2. The Hall–Kier alpha value is -2.96. The first-order chi connectivity index (χ1) is 12.9. The largest absolute Gasteiger partial charge is 0.338 e. The maximum Gasteiger partial charge on any atom is 0.315 e. The van der Waals surface area contributed by atoms with E-state index in [1.54, 1.807) is 6.07 Å². The van der Waals surface area contributed by atoms with Crippen molar-refractivity contribution in [3.8, 4) is 0 Å². The predicted octanol–water partition coefficient (Wildman–Crippen LogP) is 2.83. The Kier molecular flexibility index (Phi) is 4.30. The van der Waals surface area contributed by atoms with Crippen molar-refractivity contribution in [2.45, 2.75) is 44.6 Å². The van der Waals surface area contributed by atoms with Crippen LogP contribution >= 0.6 is 0 Å². The van der Waals surface area contributed by atoms with E-state index in [1.807, 2.05) is 38.1 Å². The number of amides is 3. The molecule has 7 nitrogen and oxygen atoms in total. The van der Waals surface area contributed by atoms with Crippen LogP contribution in [-0.2, 0) is 5.54 Å². The van der Waals surface area contributed by atoms with E-state index in [-0.39, 0.29) is 11.9 Å². The van der Waals surface area contributed by atoms with Crippen LogP contribution in [0, 0.1) is 6.92 Å². The zero-order chi connectivity index (χ0) is 19.0. The summed E-state index contributed by atoms with van der Waals surface area (Å²) < 4.78 is 0. The number of benzene rings is 1. The number of carbonyl (C=O) groups is 2. The van der Waals surface area contributed by atoms with Crippen molar-refractivity contribution in [3.05, 3.63) is 53.1 Å². The minimum absolute atomic E-state index is 0.178.